The molecule has 0 atom stereocenters. The first-order valence-electron chi connectivity index (χ1n) is 6.77. The molecule has 0 saturated heterocycles. The van der Waals surface area contributed by atoms with Crippen LogP contribution in [0.2, 0.25) is 0 Å². The Labute approximate surface area is 133 Å². The normalized spacial score (nSPS) is 12.6. The molecule has 0 aliphatic carbocycles. The number of thioether (sulfide) groups is 1. The number of ether oxygens (including phenoxy) is 2. The monoisotopic (exact) mass is 313 g/mol. The largest absolute Gasteiger partial charge is 0.454 e. The maximum absolute atomic E-state index is 12.1. The number of allylic oxidation sites excluding steroid dienone is 1. The Morgan fingerprint density at radius 2 is 1.91 bits per heavy atom. The average Bonchev–Trinajstić information content (AvgIpc) is 3.03. The molecular formula is C17H15NO3S. The smallest absolute Gasteiger partial charge is 0.231 e. The Kier molecular flexibility index (Phi) is 4.34. The van der Waals surface area contributed by atoms with Crippen molar-refractivity contribution in [1.29, 1.82) is 0 Å². The molecule has 112 valence electrons. The van der Waals surface area contributed by atoms with Gasteiger partial charge in [-0.05, 0) is 48.7 Å². The van der Waals surface area contributed by atoms with Gasteiger partial charge < -0.3 is 14.8 Å². The van der Waals surface area contributed by atoms with Crippen LogP contribution in [0.25, 0.3) is 0 Å². The minimum Gasteiger partial charge on any atom is -0.454 e. The van der Waals surface area contributed by atoms with Gasteiger partial charge in [-0.15, -0.1) is 11.8 Å². The highest BCUT2D eigenvalue weighted by Crippen LogP contribution is 2.32. The van der Waals surface area contributed by atoms with Crippen LogP contribution >= 0.6 is 11.8 Å². The molecule has 2 aromatic rings. The van der Waals surface area contributed by atoms with E-state index in [1.165, 1.54) is 11.0 Å². The van der Waals surface area contributed by atoms with Crippen LogP contribution < -0.4 is 14.8 Å². The summed E-state index contributed by atoms with van der Waals surface area (Å²) in [4.78, 5) is 13.3. The number of hydrogen-bond acceptors (Lipinski definition) is 5. The van der Waals surface area contributed by atoms with Gasteiger partial charge in [0.15, 0.2) is 17.3 Å². The van der Waals surface area contributed by atoms with Crippen molar-refractivity contribution in [2.75, 3.05) is 18.4 Å². The number of fused-ring (bicyclic) bond motifs is 1. The molecule has 4 nitrogen and oxygen atoms in total. The summed E-state index contributed by atoms with van der Waals surface area (Å²) >= 11 is 1.69. The highest BCUT2D eigenvalue weighted by atomic mass is 32.2. The van der Waals surface area contributed by atoms with Crippen molar-refractivity contribution in [1.82, 2.24) is 0 Å². The zero-order valence-electron chi connectivity index (χ0n) is 12.0. The van der Waals surface area contributed by atoms with E-state index in [1.807, 2.05) is 30.5 Å². The molecule has 0 bridgehead atoms. The highest BCUT2D eigenvalue weighted by molar-refractivity contribution is 7.98. The summed E-state index contributed by atoms with van der Waals surface area (Å²) in [5.74, 6) is 1.19. The van der Waals surface area contributed by atoms with Crippen LogP contribution in [-0.2, 0) is 0 Å². The first-order valence-corrected chi connectivity index (χ1v) is 8.00. The van der Waals surface area contributed by atoms with Gasteiger partial charge in [0.2, 0.25) is 6.79 Å². The summed E-state index contributed by atoms with van der Waals surface area (Å²) < 4.78 is 10.5. The molecule has 0 saturated carbocycles. The Morgan fingerprint density at radius 3 is 2.68 bits per heavy atom. The zero-order chi connectivity index (χ0) is 15.4. The molecule has 0 fully saturated rings. The molecule has 2 aromatic carbocycles. The maximum atomic E-state index is 12.1. The fourth-order valence-electron chi connectivity index (χ4n) is 2.05. The molecule has 0 radical (unpaired) electrons. The van der Waals surface area contributed by atoms with Crippen molar-refractivity contribution in [2.24, 2.45) is 0 Å². The maximum Gasteiger partial charge on any atom is 0.231 e. The molecule has 5 heteroatoms. The second kappa shape index (κ2) is 6.58. The third kappa shape index (κ3) is 3.26. The van der Waals surface area contributed by atoms with E-state index in [1.54, 1.807) is 36.2 Å². The van der Waals surface area contributed by atoms with Crippen molar-refractivity contribution in [2.45, 2.75) is 4.90 Å². The topological polar surface area (TPSA) is 47.6 Å². The summed E-state index contributed by atoms with van der Waals surface area (Å²) in [6.07, 6.45) is 5.17. The second-order valence-electron chi connectivity index (χ2n) is 4.64. The van der Waals surface area contributed by atoms with Gasteiger partial charge in [0.25, 0.3) is 0 Å². The molecule has 1 heterocycles. The Bertz CT molecular complexity index is 710. The molecular weight excluding hydrogens is 298 g/mol. The number of carbonyl (C=O) groups excluding carboxylic acids is 1. The molecule has 0 aromatic heterocycles. The van der Waals surface area contributed by atoms with Crippen LogP contribution in [0.4, 0.5) is 5.69 Å². The molecule has 1 N–H and O–H groups in total. The Hall–Kier alpha value is -2.40. The van der Waals surface area contributed by atoms with Gasteiger partial charge >= 0.3 is 0 Å². The number of hydrogen-bond donors (Lipinski definition) is 1. The lowest BCUT2D eigenvalue weighted by molar-refractivity contribution is 0.104. The number of benzene rings is 2. The van der Waals surface area contributed by atoms with Crippen LogP contribution in [0.3, 0.4) is 0 Å². The van der Waals surface area contributed by atoms with Crippen molar-refractivity contribution >= 4 is 23.2 Å². The Morgan fingerprint density at radius 1 is 1.14 bits per heavy atom. The average molecular weight is 313 g/mol. The van der Waals surface area contributed by atoms with Crippen molar-refractivity contribution in [3.05, 3.63) is 60.3 Å². The number of anilines is 1. The predicted molar refractivity (Wildman–Crippen MR) is 87.9 cm³/mol. The second-order valence-corrected chi connectivity index (χ2v) is 5.52. The standard InChI is InChI=1S/C17H15NO3S/c1-22-14-5-3-13(4-6-14)18-9-8-15(19)12-2-7-16-17(10-12)21-11-20-16/h2-10,18H,11H2,1H3. The molecule has 3 rings (SSSR count). The first-order chi connectivity index (χ1) is 10.8. The predicted octanol–water partition coefficient (Wildman–Crippen LogP) is 3.95. The lowest BCUT2D eigenvalue weighted by Crippen LogP contribution is -1.96. The van der Waals surface area contributed by atoms with E-state index in [0.717, 1.165) is 5.69 Å². The fraction of sp³-hybridized carbons (Fsp3) is 0.118. The van der Waals surface area contributed by atoms with Gasteiger partial charge in [0.1, 0.15) is 0 Å². The fourth-order valence-corrected chi connectivity index (χ4v) is 2.46. The Balaban J connectivity index is 1.63. The molecule has 0 spiro atoms. The summed E-state index contributed by atoms with van der Waals surface area (Å²) in [5.41, 5.74) is 1.51. The highest BCUT2D eigenvalue weighted by Gasteiger charge is 2.14. The molecule has 1 aliphatic rings. The van der Waals surface area contributed by atoms with E-state index in [0.29, 0.717) is 17.1 Å². The molecule has 22 heavy (non-hydrogen) atoms. The number of rotatable bonds is 5. The van der Waals surface area contributed by atoms with E-state index >= 15 is 0 Å². The lowest BCUT2D eigenvalue weighted by atomic mass is 10.1. The summed E-state index contributed by atoms with van der Waals surface area (Å²) in [6.45, 7) is 0.205. The van der Waals surface area contributed by atoms with Crippen LogP contribution in [0.15, 0.2) is 59.6 Å². The summed E-state index contributed by atoms with van der Waals surface area (Å²) in [6, 6.07) is 13.2. The van der Waals surface area contributed by atoms with Gasteiger partial charge in [-0.25, -0.2) is 0 Å². The van der Waals surface area contributed by atoms with E-state index in [-0.39, 0.29) is 12.6 Å². The summed E-state index contributed by atoms with van der Waals surface area (Å²) in [5, 5.41) is 3.08. The number of carbonyl (C=O) groups is 1. The number of nitrogens with one attached hydrogen (secondary N) is 1. The molecule has 0 unspecified atom stereocenters. The van der Waals surface area contributed by atoms with Gasteiger partial charge in [-0.2, -0.15) is 0 Å². The lowest BCUT2D eigenvalue weighted by Gasteiger charge is -2.02. The van der Waals surface area contributed by atoms with Gasteiger partial charge in [0.05, 0.1) is 0 Å². The van der Waals surface area contributed by atoms with Gasteiger partial charge in [-0.3, -0.25) is 4.79 Å². The van der Waals surface area contributed by atoms with Crippen molar-refractivity contribution in [3.63, 3.8) is 0 Å². The first kappa shape index (κ1) is 14.5. The van der Waals surface area contributed by atoms with E-state index in [4.69, 9.17) is 9.47 Å². The summed E-state index contributed by atoms with van der Waals surface area (Å²) in [7, 11) is 0. The van der Waals surface area contributed by atoms with E-state index in [2.05, 4.69) is 5.32 Å². The number of ketones is 1. The SMILES string of the molecule is CSc1ccc(NC=CC(=O)c2ccc3c(c2)OCO3)cc1. The van der Waals surface area contributed by atoms with Crippen LogP contribution in [0.5, 0.6) is 11.5 Å². The van der Waals surface area contributed by atoms with Crippen LogP contribution in [0, 0.1) is 0 Å². The minimum atomic E-state index is -0.0912. The van der Waals surface area contributed by atoms with Crippen molar-refractivity contribution < 1.29 is 14.3 Å². The van der Waals surface area contributed by atoms with Crippen LogP contribution in [-0.4, -0.2) is 18.8 Å². The van der Waals surface area contributed by atoms with E-state index < -0.39 is 0 Å². The van der Waals surface area contributed by atoms with Crippen molar-refractivity contribution in [3.8, 4) is 11.5 Å². The van der Waals surface area contributed by atoms with E-state index in [9.17, 15) is 4.79 Å². The quantitative estimate of drug-likeness (QED) is 0.514. The third-order valence-electron chi connectivity index (χ3n) is 3.23. The molecule has 1 aliphatic heterocycles. The third-order valence-corrected chi connectivity index (χ3v) is 3.98. The van der Waals surface area contributed by atoms with Crippen LogP contribution in [0.1, 0.15) is 10.4 Å². The molecule has 0 amide bonds. The van der Waals surface area contributed by atoms with Gasteiger partial charge in [0, 0.05) is 28.4 Å². The zero-order valence-corrected chi connectivity index (χ0v) is 12.9. The van der Waals surface area contributed by atoms with Gasteiger partial charge in [-0.1, -0.05) is 0 Å². The minimum absolute atomic E-state index is 0.0912.